The molecule has 0 spiro atoms. The van der Waals surface area contributed by atoms with Gasteiger partial charge in [-0.1, -0.05) is 0 Å². The third-order valence-corrected chi connectivity index (χ3v) is 0.935. The predicted molar refractivity (Wildman–Crippen MR) is 47.8 cm³/mol. The van der Waals surface area contributed by atoms with Crippen LogP contribution >= 0.6 is 0 Å². The van der Waals surface area contributed by atoms with E-state index in [-0.39, 0.29) is 13.2 Å². The standard InChI is InChI=1S/C4H4O4.C4H10O2/c5-3(6)1-2-4(7)8;5-3-1-2-4-6/h1-2H,(H,5,6)(H,7,8);5-6H,1-4H2/b2-1-;. The van der Waals surface area contributed by atoms with E-state index in [1.54, 1.807) is 0 Å². The van der Waals surface area contributed by atoms with E-state index in [4.69, 9.17) is 20.4 Å². The molecule has 4 N–H and O–H groups in total. The van der Waals surface area contributed by atoms with E-state index in [0.29, 0.717) is 12.2 Å². The van der Waals surface area contributed by atoms with Gasteiger partial charge in [-0.3, -0.25) is 0 Å². The molecular weight excluding hydrogens is 192 g/mol. The monoisotopic (exact) mass is 206 g/mol. The molecule has 6 heteroatoms. The smallest absolute Gasteiger partial charge is 0.328 e. The minimum Gasteiger partial charge on any atom is -0.478 e. The molecule has 6 nitrogen and oxygen atoms in total. The molecule has 0 aromatic heterocycles. The summed E-state index contributed by atoms with van der Waals surface area (Å²) in [7, 11) is 0. The highest BCUT2D eigenvalue weighted by Crippen LogP contribution is 1.80. The molecule has 0 heterocycles. The van der Waals surface area contributed by atoms with Crippen LogP contribution < -0.4 is 0 Å². The number of hydrogen-bond donors (Lipinski definition) is 4. The molecule has 14 heavy (non-hydrogen) atoms. The number of carboxylic acids is 2. The zero-order chi connectivity index (χ0) is 11.4. The maximum atomic E-state index is 9.55. The Labute approximate surface area is 81.1 Å². The summed E-state index contributed by atoms with van der Waals surface area (Å²) < 4.78 is 0. The molecule has 0 aliphatic rings. The van der Waals surface area contributed by atoms with Crippen molar-refractivity contribution in [2.45, 2.75) is 12.8 Å². The summed E-state index contributed by atoms with van der Waals surface area (Å²) in [6.07, 6.45) is 2.55. The van der Waals surface area contributed by atoms with Gasteiger partial charge in [0.05, 0.1) is 0 Å². The molecule has 0 aromatic rings. The zero-order valence-corrected chi connectivity index (χ0v) is 7.59. The first-order valence-electron chi connectivity index (χ1n) is 3.90. The number of unbranched alkanes of at least 4 members (excludes halogenated alkanes) is 1. The van der Waals surface area contributed by atoms with Crippen molar-refractivity contribution >= 4 is 11.9 Å². The average Bonchev–Trinajstić information content (AvgIpc) is 2.12. The summed E-state index contributed by atoms with van der Waals surface area (Å²) in [6, 6.07) is 0. The quantitative estimate of drug-likeness (QED) is 0.355. The van der Waals surface area contributed by atoms with E-state index in [9.17, 15) is 9.59 Å². The van der Waals surface area contributed by atoms with Crippen LogP contribution in [0.5, 0.6) is 0 Å². The molecule has 82 valence electrons. The Kier molecular flexibility index (Phi) is 12.5. The molecule has 0 rings (SSSR count). The van der Waals surface area contributed by atoms with Gasteiger partial charge in [0.1, 0.15) is 0 Å². The highest BCUT2D eigenvalue weighted by molar-refractivity contribution is 5.89. The van der Waals surface area contributed by atoms with Crippen LogP contribution in [0.4, 0.5) is 0 Å². The number of rotatable bonds is 5. The van der Waals surface area contributed by atoms with Crippen molar-refractivity contribution in [1.82, 2.24) is 0 Å². The fraction of sp³-hybridized carbons (Fsp3) is 0.500. The number of hydrogen-bond acceptors (Lipinski definition) is 4. The van der Waals surface area contributed by atoms with Crippen LogP contribution in [0.3, 0.4) is 0 Å². The van der Waals surface area contributed by atoms with Crippen molar-refractivity contribution in [2.24, 2.45) is 0 Å². The lowest BCUT2D eigenvalue weighted by molar-refractivity contribution is -0.134. The van der Waals surface area contributed by atoms with Crippen LogP contribution in [0.15, 0.2) is 12.2 Å². The van der Waals surface area contributed by atoms with Crippen molar-refractivity contribution in [3.8, 4) is 0 Å². The summed E-state index contributed by atoms with van der Waals surface area (Å²) >= 11 is 0. The summed E-state index contributed by atoms with van der Waals surface area (Å²) in [5.41, 5.74) is 0. The first-order chi connectivity index (χ1) is 6.54. The zero-order valence-electron chi connectivity index (χ0n) is 7.59. The molecule has 0 saturated heterocycles. The number of carboxylic acid groups (broad SMARTS) is 2. The maximum absolute atomic E-state index is 9.55. The van der Waals surface area contributed by atoms with Gasteiger partial charge >= 0.3 is 11.9 Å². The number of aliphatic hydroxyl groups is 2. The molecule has 0 aliphatic carbocycles. The van der Waals surface area contributed by atoms with Crippen molar-refractivity contribution in [3.63, 3.8) is 0 Å². The second-order valence-electron chi connectivity index (χ2n) is 2.16. The molecule has 0 fully saturated rings. The fourth-order valence-corrected chi connectivity index (χ4v) is 0.366. The van der Waals surface area contributed by atoms with Crippen LogP contribution in [-0.4, -0.2) is 45.6 Å². The number of aliphatic carboxylic acids is 2. The van der Waals surface area contributed by atoms with Crippen LogP contribution in [0.2, 0.25) is 0 Å². The summed E-state index contributed by atoms with van der Waals surface area (Å²) in [6.45, 7) is 0.390. The van der Waals surface area contributed by atoms with E-state index < -0.39 is 11.9 Å². The molecule has 0 unspecified atom stereocenters. The molecule has 0 amide bonds. The van der Waals surface area contributed by atoms with E-state index >= 15 is 0 Å². The van der Waals surface area contributed by atoms with Gasteiger partial charge in [-0.25, -0.2) is 9.59 Å². The Morgan fingerprint density at radius 3 is 1.29 bits per heavy atom. The number of carbonyl (C=O) groups is 2. The van der Waals surface area contributed by atoms with E-state index in [2.05, 4.69) is 0 Å². The molecule has 0 bridgehead atoms. The minimum absolute atomic E-state index is 0.195. The Morgan fingerprint density at radius 2 is 1.14 bits per heavy atom. The first-order valence-corrected chi connectivity index (χ1v) is 3.90. The van der Waals surface area contributed by atoms with Crippen molar-refractivity contribution in [3.05, 3.63) is 12.2 Å². The van der Waals surface area contributed by atoms with Gasteiger partial charge in [0, 0.05) is 25.4 Å². The van der Waals surface area contributed by atoms with Gasteiger partial charge < -0.3 is 20.4 Å². The Morgan fingerprint density at radius 1 is 0.857 bits per heavy atom. The highest BCUT2D eigenvalue weighted by Gasteiger charge is 1.88. The predicted octanol–water partition coefficient (Wildman–Crippen LogP) is -0.537. The maximum Gasteiger partial charge on any atom is 0.328 e. The van der Waals surface area contributed by atoms with E-state index in [1.807, 2.05) is 0 Å². The van der Waals surface area contributed by atoms with Gasteiger partial charge in [-0.15, -0.1) is 0 Å². The molecule has 0 aliphatic heterocycles. The second kappa shape index (κ2) is 11.6. The molecule has 0 aromatic carbocycles. The van der Waals surface area contributed by atoms with E-state index in [1.165, 1.54) is 0 Å². The van der Waals surface area contributed by atoms with Gasteiger partial charge in [-0.2, -0.15) is 0 Å². The topological polar surface area (TPSA) is 115 Å². The normalized spacial score (nSPS) is 9.29. The average molecular weight is 206 g/mol. The molecule has 0 atom stereocenters. The van der Waals surface area contributed by atoms with Gasteiger partial charge in [0.25, 0.3) is 0 Å². The summed E-state index contributed by atoms with van der Waals surface area (Å²) in [4.78, 5) is 19.1. The van der Waals surface area contributed by atoms with E-state index in [0.717, 1.165) is 12.8 Å². The molecule has 0 radical (unpaired) electrons. The van der Waals surface area contributed by atoms with Gasteiger partial charge in [-0.05, 0) is 12.8 Å². The first kappa shape index (κ1) is 15.1. The summed E-state index contributed by atoms with van der Waals surface area (Å²) in [5, 5.41) is 31.8. The molecule has 0 saturated carbocycles. The minimum atomic E-state index is -1.26. The van der Waals surface area contributed by atoms with Crippen molar-refractivity contribution in [1.29, 1.82) is 0 Å². The lowest BCUT2D eigenvalue weighted by atomic mass is 10.3. The second-order valence-corrected chi connectivity index (χ2v) is 2.16. The fourth-order valence-electron chi connectivity index (χ4n) is 0.366. The third-order valence-electron chi connectivity index (χ3n) is 0.935. The SMILES string of the molecule is O=C(O)/C=C\C(=O)O.OCCCCO. The number of aliphatic hydroxyl groups excluding tert-OH is 2. The van der Waals surface area contributed by atoms with Gasteiger partial charge in [0.2, 0.25) is 0 Å². The van der Waals surface area contributed by atoms with Crippen LogP contribution in [0.25, 0.3) is 0 Å². The Hall–Kier alpha value is -1.40. The third kappa shape index (κ3) is 22.4. The Bertz CT molecular complexity index is 166. The lowest BCUT2D eigenvalue weighted by Gasteiger charge is -1.85. The van der Waals surface area contributed by atoms with Gasteiger partial charge in [0.15, 0.2) is 0 Å². The van der Waals surface area contributed by atoms with Crippen LogP contribution in [0.1, 0.15) is 12.8 Å². The van der Waals surface area contributed by atoms with Crippen molar-refractivity contribution < 1.29 is 30.0 Å². The highest BCUT2D eigenvalue weighted by atomic mass is 16.4. The summed E-state index contributed by atoms with van der Waals surface area (Å²) in [5.74, 6) is -2.51. The van der Waals surface area contributed by atoms with Crippen molar-refractivity contribution in [2.75, 3.05) is 13.2 Å². The Balaban J connectivity index is 0. The molecular formula is C8H14O6. The lowest BCUT2D eigenvalue weighted by Crippen LogP contribution is -1.91. The van der Waals surface area contributed by atoms with Crippen LogP contribution in [0, 0.1) is 0 Å². The van der Waals surface area contributed by atoms with Crippen LogP contribution in [-0.2, 0) is 9.59 Å². The largest absolute Gasteiger partial charge is 0.478 e.